The molecule has 136 valence electrons. The molecular formula is C26H20O2. The van der Waals surface area contributed by atoms with Gasteiger partial charge in [0.2, 0.25) is 0 Å². The second kappa shape index (κ2) is 7.93. The van der Waals surface area contributed by atoms with Crippen molar-refractivity contribution in [3.8, 4) is 33.4 Å². The summed E-state index contributed by atoms with van der Waals surface area (Å²) >= 11 is 0. The Kier molecular flexibility index (Phi) is 5.03. The van der Waals surface area contributed by atoms with E-state index in [0.717, 1.165) is 11.1 Å². The van der Waals surface area contributed by atoms with E-state index in [2.05, 4.69) is 72.8 Å². The zero-order valence-electron chi connectivity index (χ0n) is 15.6. The molecule has 0 aliphatic carbocycles. The highest BCUT2D eigenvalue weighted by Gasteiger charge is 2.06. The molecule has 28 heavy (non-hydrogen) atoms. The SMILES string of the molecule is COC(=O)c1ccc(-c2ccc(-c3ccc(-c4ccccc4)cc3)cc2)cc1. The van der Waals surface area contributed by atoms with Crippen LogP contribution in [0.4, 0.5) is 0 Å². The zero-order chi connectivity index (χ0) is 19.3. The van der Waals surface area contributed by atoms with Crippen molar-refractivity contribution in [2.75, 3.05) is 7.11 Å². The fraction of sp³-hybridized carbons (Fsp3) is 0.0385. The third kappa shape index (κ3) is 3.72. The second-order valence-corrected chi connectivity index (χ2v) is 6.59. The first kappa shape index (κ1) is 17.7. The highest BCUT2D eigenvalue weighted by atomic mass is 16.5. The van der Waals surface area contributed by atoms with Crippen LogP contribution < -0.4 is 0 Å². The number of esters is 1. The molecule has 0 atom stereocenters. The topological polar surface area (TPSA) is 26.3 Å². The van der Waals surface area contributed by atoms with Gasteiger partial charge in [0.15, 0.2) is 0 Å². The van der Waals surface area contributed by atoms with Crippen molar-refractivity contribution in [3.63, 3.8) is 0 Å². The molecular weight excluding hydrogens is 344 g/mol. The minimum absolute atomic E-state index is 0.319. The molecule has 0 heterocycles. The van der Waals surface area contributed by atoms with Crippen LogP contribution in [0, 0.1) is 0 Å². The lowest BCUT2D eigenvalue weighted by molar-refractivity contribution is 0.0601. The highest BCUT2D eigenvalue weighted by Crippen LogP contribution is 2.27. The average Bonchev–Trinajstić information content (AvgIpc) is 2.79. The van der Waals surface area contributed by atoms with Crippen LogP contribution in [0.1, 0.15) is 10.4 Å². The lowest BCUT2D eigenvalue weighted by Crippen LogP contribution is -2.00. The second-order valence-electron chi connectivity index (χ2n) is 6.59. The van der Waals surface area contributed by atoms with Gasteiger partial charge < -0.3 is 4.74 Å². The van der Waals surface area contributed by atoms with Crippen molar-refractivity contribution >= 4 is 5.97 Å². The maximum atomic E-state index is 11.6. The van der Waals surface area contributed by atoms with Crippen LogP contribution in [-0.2, 0) is 4.74 Å². The Morgan fingerprint density at radius 3 is 1.18 bits per heavy atom. The normalized spacial score (nSPS) is 10.5. The molecule has 0 aliphatic rings. The van der Waals surface area contributed by atoms with Crippen LogP contribution in [-0.4, -0.2) is 13.1 Å². The molecule has 4 aromatic rings. The Balaban J connectivity index is 1.54. The van der Waals surface area contributed by atoms with Crippen LogP contribution in [0.3, 0.4) is 0 Å². The summed E-state index contributed by atoms with van der Waals surface area (Å²) in [5.41, 5.74) is 7.54. The minimum Gasteiger partial charge on any atom is -0.465 e. The molecule has 0 bridgehead atoms. The molecule has 0 fully saturated rings. The van der Waals surface area contributed by atoms with E-state index in [9.17, 15) is 4.79 Å². The molecule has 0 radical (unpaired) electrons. The fourth-order valence-corrected chi connectivity index (χ4v) is 3.26. The molecule has 0 N–H and O–H groups in total. The molecule has 2 nitrogen and oxygen atoms in total. The van der Waals surface area contributed by atoms with Gasteiger partial charge in [0.1, 0.15) is 0 Å². The van der Waals surface area contributed by atoms with Crippen LogP contribution in [0.2, 0.25) is 0 Å². The lowest BCUT2D eigenvalue weighted by atomic mass is 9.98. The number of ether oxygens (including phenoxy) is 1. The summed E-state index contributed by atoms with van der Waals surface area (Å²) in [6.07, 6.45) is 0. The summed E-state index contributed by atoms with van der Waals surface area (Å²) in [5, 5.41) is 0. The largest absolute Gasteiger partial charge is 0.465 e. The van der Waals surface area contributed by atoms with E-state index in [-0.39, 0.29) is 5.97 Å². The molecule has 0 aliphatic heterocycles. The van der Waals surface area contributed by atoms with Gasteiger partial charge in [0.25, 0.3) is 0 Å². The standard InChI is InChI=1S/C26H20O2/c1-28-26(27)25-17-15-24(16-18-25)23-13-11-22(12-14-23)21-9-7-20(8-10-21)19-5-3-2-4-6-19/h2-18H,1H3. The Bertz CT molecular complexity index is 1060. The first-order valence-electron chi connectivity index (χ1n) is 9.19. The average molecular weight is 364 g/mol. The molecule has 0 saturated carbocycles. The summed E-state index contributed by atoms with van der Waals surface area (Å²) in [5.74, 6) is -0.319. The minimum atomic E-state index is -0.319. The van der Waals surface area contributed by atoms with E-state index in [1.807, 2.05) is 18.2 Å². The lowest BCUT2D eigenvalue weighted by Gasteiger charge is -2.07. The van der Waals surface area contributed by atoms with Crippen molar-refractivity contribution in [2.24, 2.45) is 0 Å². The van der Waals surface area contributed by atoms with E-state index in [0.29, 0.717) is 5.56 Å². The van der Waals surface area contributed by atoms with E-state index >= 15 is 0 Å². The first-order chi connectivity index (χ1) is 13.7. The monoisotopic (exact) mass is 364 g/mol. The predicted molar refractivity (Wildman–Crippen MR) is 114 cm³/mol. The van der Waals surface area contributed by atoms with Gasteiger partial charge in [-0.05, 0) is 45.5 Å². The zero-order valence-corrected chi connectivity index (χ0v) is 15.6. The number of benzene rings is 4. The summed E-state index contributed by atoms with van der Waals surface area (Å²) in [6, 6.07) is 34.9. The Labute approximate surface area is 165 Å². The van der Waals surface area contributed by atoms with Crippen molar-refractivity contribution in [1.82, 2.24) is 0 Å². The summed E-state index contributed by atoms with van der Waals surface area (Å²) in [7, 11) is 1.39. The van der Waals surface area contributed by atoms with E-state index < -0.39 is 0 Å². The van der Waals surface area contributed by atoms with Crippen LogP contribution in [0.25, 0.3) is 33.4 Å². The third-order valence-corrected chi connectivity index (χ3v) is 4.85. The van der Waals surface area contributed by atoms with E-state index in [1.54, 1.807) is 12.1 Å². The Hall–Kier alpha value is -3.65. The number of carbonyl (C=O) groups excluding carboxylic acids is 1. The van der Waals surface area contributed by atoms with Gasteiger partial charge in [-0.1, -0.05) is 91.0 Å². The van der Waals surface area contributed by atoms with Gasteiger partial charge in [-0.15, -0.1) is 0 Å². The Morgan fingerprint density at radius 2 is 0.821 bits per heavy atom. The molecule has 0 aromatic heterocycles. The number of hydrogen-bond donors (Lipinski definition) is 0. The van der Waals surface area contributed by atoms with Gasteiger partial charge in [0.05, 0.1) is 12.7 Å². The van der Waals surface area contributed by atoms with Crippen molar-refractivity contribution in [3.05, 3.63) is 109 Å². The maximum absolute atomic E-state index is 11.6. The summed E-state index contributed by atoms with van der Waals surface area (Å²) in [6.45, 7) is 0. The van der Waals surface area contributed by atoms with Gasteiger partial charge in [-0.25, -0.2) is 4.79 Å². The number of rotatable bonds is 4. The molecule has 0 amide bonds. The van der Waals surface area contributed by atoms with Crippen molar-refractivity contribution in [2.45, 2.75) is 0 Å². The van der Waals surface area contributed by atoms with Gasteiger partial charge in [0, 0.05) is 0 Å². The van der Waals surface area contributed by atoms with Crippen molar-refractivity contribution in [1.29, 1.82) is 0 Å². The maximum Gasteiger partial charge on any atom is 0.337 e. The van der Waals surface area contributed by atoms with E-state index in [4.69, 9.17) is 4.74 Å². The smallest absolute Gasteiger partial charge is 0.337 e. The van der Waals surface area contributed by atoms with Crippen LogP contribution in [0.5, 0.6) is 0 Å². The Morgan fingerprint density at radius 1 is 0.500 bits per heavy atom. The molecule has 4 rings (SSSR count). The molecule has 0 saturated heterocycles. The van der Waals surface area contributed by atoms with Gasteiger partial charge in [-0.2, -0.15) is 0 Å². The predicted octanol–water partition coefficient (Wildman–Crippen LogP) is 6.47. The number of carbonyl (C=O) groups is 1. The summed E-state index contributed by atoms with van der Waals surface area (Å²) in [4.78, 5) is 11.6. The van der Waals surface area contributed by atoms with Crippen LogP contribution in [0.15, 0.2) is 103 Å². The molecule has 0 unspecified atom stereocenters. The van der Waals surface area contributed by atoms with Gasteiger partial charge in [-0.3, -0.25) is 0 Å². The van der Waals surface area contributed by atoms with Gasteiger partial charge >= 0.3 is 5.97 Å². The first-order valence-corrected chi connectivity index (χ1v) is 9.19. The highest BCUT2D eigenvalue weighted by molar-refractivity contribution is 5.90. The summed E-state index contributed by atoms with van der Waals surface area (Å²) < 4.78 is 4.74. The molecule has 2 heteroatoms. The quantitative estimate of drug-likeness (QED) is 0.388. The number of methoxy groups -OCH3 is 1. The van der Waals surface area contributed by atoms with Crippen LogP contribution >= 0.6 is 0 Å². The van der Waals surface area contributed by atoms with E-state index in [1.165, 1.54) is 29.4 Å². The van der Waals surface area contributed by atoms with Crippen molar-refractivity contribution < 1.29 is 9.53 Å². The third-order valence-electron chi connectivity index (χ3n) is 4.85. The molecule has 0 spiro atoms. The fourth-order valence-electron chi connectivity index (χ4n) is 3.26. The number of hydrogen-bond acceptors (Lipinski definition) is 2. The molecule has 4 aromatic carbocycles.